The van der Waals surface area contributed by atoms with Crippen LogP contribution in [0.2, 0.25) is 0 Å². The normalized spacial score (nSPS) is 22.1. The summed E-state index contributed by atoms with van der Waals surface area (Å²) >= 11 is 0. The highest BCUT2D eigenvalue weighted by Gasteiger charge is 2.36. The van der Waals surface area contributed by atoms with Gasteiger partial charge in [0.2, 0.25) is 10.0 Å². The number of nitrogens with one attached hydrogen (secondary N) is 1. The Morgan fingerprint density at radius 1 is 1.39 bits per heavy atom. The Hall–Kier alpha value is -1.35. The van der Waals surface area contributed by atoms with E-state index in [1.165, 1.54) is 0 Å². The lowest BCUT2D eigenvalue weighted by atomic mass is 10.2. The lowest BCUT2D eigenvalue weighted by Crippen LogP contribution is -2.26. The van der Waals surface area contributed by atoms with Gasteiger partial charge in [-0.3, -0.25) is 0 Å². The fourth-order valence-electron chi connectivity index (χ4n) is 1.62. The molecule has 18 heavy (non-hydrogen) atoms. The van der Waals surface area contributed by atoms with E-state index < -0.39 is 10.0 Å². The summed E-state index contributed by atoms with van der Waals surface area (Å²) in [5.74, 6) is 6.02. The highest BCUT2D eigenvalue weighted by Crippen LogP contribution is 2.30. The van der Waals surface area contributed by atoms with Crippen LogP contribution in [-0.2, 0) is 10.0 Å². The first kappa shape index (κ1) is 13.1. The lowest BCUT2D eigenvalue weighted by molar-refractivity contribution is 0.578. The molecule has 0 aromatic heterocycles. The molecule has 1 saturated carbocycles. The fraction of sp³-hybridized carbons (Fsp3) is 0.385. The third-order valence-corrected chi connectivity index (χ3v) is 4.42. The summed E-state index contributed by atoms with van der Waals surface area (Å²) in [5, 5.41) is 0. The zero-order valence-electron chi connectivity index (χ0n) is 10.2. The van der Waals surface area contributed by atoms with E-state index in [0.29, 0.717) is 12.5 Å². The van der Waals surface area contributed by atoms with Crippen LogP contribution in [0.1, 0.15) is 18.9 Å². The maximum Gasteiger partial charge on any atom is 0.240 e. The van der Waals surface area contributed by atoms with Gasteiger partial charge < -0.3 is 5.73 Å². The van der Waals surface area contributed by atoms with Crippen LogP contribution >= 0.6 is 0 Å². The van der Waals surface area contributed by atoms with Gasteiger partial charge in [0.15, 0.2) is 0 Å². The second-order valence-electron chi connectivity index (χ2n) is 4.47. The molecule has 1 aliphatic carbocycles. The molecule has 0 heterocycles. The summed E-state index contributed by atoms with van der Waals surface area (Å²) in [6.45, 7) is 2.32. The van der Waals surface area contributed by atoms with E-state index in [4.69, 9.17) is 5.73 Å². The van der Waals surface area contributed by atoms with E-state index in [0.717, 1.165) is 12.0 Å². The Morgan fingerprint density at radius 2 is 2.00 bits per heavy atom. The summed E-state index contributed by atoms with van der Waals surface area (Å²) in [4.78, 5) is 0.278. The second kappa shape index (κ2) is 5.11. The third kappa shape index (κ3) is 3.10. The van der Waals surface area contributed by atoms with E-state index in [1.54, 1.807) is 24.3 Å². The Balaban J connectivity index is 2.13. The summed E-state index contributed by atoms with van der Waals surface area (Å²) in [5.41, 5.74) is 6.03. The first-order valence-corrected chi connectivity index (χ1v) is 7.32. The van der Waals surface area contributed by atoms with Gasteiger partial charge in [-0.05, 0) is 36.6 Å². The SMILES string of the molecule is CC1CC1NS(=O)(=O)c1ccc(C#CCN)cc1. The number of hydrogen-bond acceptors (Lipinski definition) is 3. The minimum Gasteiger partial charge on any atom is -0.320 e. The van der Waals surface area contributed by atoms with Crippen molar-refractivity contribution in [3.05, 3.63) is 29.8 Å². The van der Waals surface area contributed by atoms with Crippen LogP contribution in [-0.4, -0.2) is 21.0 Å². The van der Waals surface area contributed by atoms with Gasteiger partial charge in [-0.25, -0.2) is 13.1 Å². The molecule has 2 unspecified atom stereocenters. The maximum absolute atomic E-state index is 12.0. The van der Waals surface area contributed by atoms with Crippen LogP contribution < -0.4 is 10.5 Å². The van der Waals surface area contributed by atoms with Gasteiger partial charge in [-0.1, -0.05) is 18.8 Å². The Morgan fingerprint density at radius 3 is 2.50 bits per heavy atom. The van der Waals surface area contributed by atoms with Crippen LogP contribution in [0, 0.1) is 17.8 Å². The minimum atomic E-state index is -3.39. The molecule has 0 aliphatic heterocycles. The molecule has 2 rings (SSSR count). The van der Waals surface area contributed by atoms with Crippen LogP contribution in [0.3, 0.4) is 0 Å². The molecule has 96 valence electrons. The molecule has 2 atom stereocenters. The molecule has 0 bridgehead atoms. The summed E-state index contributed by atoms with van der Waals surface area (Å²) in [7, 11) is -3.39. The summed E-state index contributed by atoms with van der Waals surface area (Å²) in [6.07, 6.45) is 0.916. The lowest BCUT2D eigenvalue weighted by Gasteiger charge is -2.05. The highest BCUT2D eigenvalue weighted by atomic mass is 32.2. The van der Waals surface area contributed by atoms with Crippen LogP contribution in [0.5, 0.6) is 0 Å². The van der Waals surface area contributed by atoms with Gasteiger partial charge >= 0.3 is 0 Å². The van der Waals surface area contributed by atoms with Crippen molar-refractivity contribution in [3.8, 4) is 11.8 Å². The smallest absolute Gasteiger partial charge is 0.240 e. The van der Waals surface area contributed by atoms with Crippen molar-refractivity contribution < 1.29 is 8.42 Å². The fourth-order valence-corrected chi connectivity index (χ4v) is 2.98. The molecule has 5 heteroatoms. The second-order valence-corrected chi connectivity index (χ2v) is 6.19. The molecule has 1 fully saturated rings. The average molecular weight is 264 g/mol. The van der Waals surface area contributed by atoms with Crippen molar-refractivity contribution in [3.63, 3.8) is 0 Å². The van der Waals surface area contributed by atoms with Gasteiger partial charge in [-0.2, -0.15) is 0 Å². The monoisotopic (exact) mass is 264 g/mol. The maximum atomic E-state index is 12.0. The molecule has 0 spiro atoms. The molecule has 0 saturated heterocycles. The molecular weight excluding hydrogens is 248 g/mol. The van der Waals surface area contributed by atoms with Crippen LogP contribution in [0.25, 0.3) is 0 Å². The number of sulfonamides is 1. The molecule has 1 aromatic carbocycles. The van der Waals surface area contributed by atoms with E-state index in [2.05, 4.69) is 16.6 Å². The average Bonchev–Trinajstić information content (AvgIpc) is 3.02. The number of hydrogen-bond donors (Lipinski definition) is 2. The van der Waals surface area contributed by atoms with E-state index >= 15 is 0 Å². The van der Waals surface area contributed by atoms with Gasteiger partial charge in [0, 0.05) is 11.6 Å². The molecule has 3 N–H and O–H groups in total. The number of nitrogens with two attached hydrogens (primary N) is 1. The highest BCUT2D eigenvalue weighted by molar-refractivity contribution is 7.89. The van der Waals surface area contributed by atoms with Gasteiger partial charge in [-0.15, -0.1) is 0 Å². The topological polar surface area (TPSA) is 72.2 Å². The summed E-state index contributed by atoms with van der Waals surface area (Å²) in [6, 6.07) is 6.60. The quantitative estimate of drug-likeness (QED) is 0.789. The van der Waals surface area contributed by atoms with Crippen molar-refractivity contribution in [1.82, 2.24) is 4.72 Å². The zero-order chi connectivity index (χ0) is 13.2. The van der Waals surface area contributed by atoms with Gasteiger partial charge in [0.05, 0.1) is 11.4 Å². The van der Waals surface area contributed by atoms with Crippen molar-refractivity contribution in [1.29, 1.82) is 0 Å². The first-order chi connectivity index (χ1) is 8.53. The molecular formula is C13H16N2O2S. The van der Waals surface area contributed by atoms with E-state index in [9.17, 15) is 8.42 Å². The molecule has 0 amide bonds. The molecule has 4 nitrogen and oxygen atoms in total. The largest absolute Gasteiger partial charge is 0.320 e. The van der Waals surface area contributed by atoms with E-state index in [1.807, 2.05) is 6.92 Å². The standard InChI is InChI=1S/C13H16N2O2S/c1-10-9-13(10)15-18(16,17)12-6-4-11(5-7-12)3-2-8-14/h4-7,10,13,15H,8-9,14H2,1H3. The van der Waals surface area contributed by atoms with Gasteiger partial charge in [0.25, 0.3) is 0 Å². The number of rotatable bonds is 3. The Bertz CT molecular complexity index is 582. The summed E-state index contributed by atoms with van der Waals surface area (Å²) < 4.78 is 26.6. The van der Waals surface area contributed by atoms with Crippen molar-refractivity contribution in [2.75, 3.05) is 6.54 Å². The zero-order valence-corrected chi connectivity index (χ0v) is 11.0. The van der Waals surface area contributed by atoms with Gasteiger partial charge in [0.1, 0.15) is 0 Å². The van der Waals surface area contributed by atoms with Crippen LogP contribution in [0.4, 0.5) is 0 Å². The minimum absolute atomic E-state index is 0.0895. The van der Waals surface area contributed by atoms with Crippen molar-refractivity contribution in [2.24, 2.45) is 11.7 Å². The number of benzene rings is 1. The van der Waals surface area contributed by atoms with Crippen LogP contribution in [0.15, 0.2) is 29.2 Å². The molecule has 0 radical (unpaired) electrons. The molecule has 1 aliphatic rings. The predicted octanol–water partition coefficient (Wildman–Crippen LogP) is 0.683. The predicted molar refractivity (Wildman–Crippen MR) is 70.3 cm³/mol. The molecule has 1 aromatic rings. The Labute approximate surface area is 108 Å². The third-order valence-electron chi connectivity index (χ3n) is 2.92. The first-order valence-electron chi connectivity index (χ1n) is 5.84. The van der Waals surface area contributed by atoms with Crippen molar-refractivity contribution >= 4 is 10.0 Å². The Kier molecular flexibility index (Phi) is 3.71. The van der Waals surface area contributed by atoms with Crippen molar-refractivity contribution in [2.45, 2.75) is 24.3 Å². The van der Waals surface area contributed by atoms with E-state index in [-0.39, 0.29) is 10.9 Å².